The number of carbonyl (C=O) groups excluding carboxylic acids is 1. The molecule has 0 aromatic rings. The van der Waals surface area contributed by atoms with Crippen molar-refractivity contribution in [3.8, 4) is 0 Å². The van der Waals surface area contributed by atoms with Gasteiger partial charge < -0.3 is 19.7 Å². The Morgan fingerprint density at radius 1 is 1.27 bits per heavy atom. The van der Waals surface area contributed by atoms with Crippen LogP contribution in [-0.2, 0) is 19.2 Å². The largest absolute Gasteiger partial charge is 0.465 e. The Hall–Kier alpha value is -2.17. The third kappa shape index (κ3) is 7.57. The van der Waals surface area contributed by atoms with Crippen LogP contribution in [0.5, 0.6) is 0 Å². The van der Waals surface area contributed by atoms with Gasteiger partial charge in [-0.05, 0) is 38.6 Å². The minimum absolute atomic E-state index is 0.189. The van der Waals surface area contributed by atoms with E-state index in [1.165, 1.54) is 0 Å². The molecule has 0 aromatic heterocycles. The highest BCUT2D eigenvalue weighted by Gasteiger charge is 2.23. The van der Waals surface area contributed by atoms with Crippen LogP contribution in [0.15, 0.2) is 0 Å². The monoisotopic (exact) mass is 321 g/mol. The van der Waals surface area contributed by atoms with Crippen molar-refractivity contribution in [2.45, 2.75) is 44.2 Å². The van der Waals surface area contributed by atoms with Crippen molar-refractivity contribution in [1.82, 2.24) is 5.32 Å². The van der Waals surface area contributed by atoms with Crippen molar-refractivity contribution in [2.75, 3.05) is 19.8 Å². The third-order valence-corrected chi connectivity index (χ3v) is 3.11. The number of hydrogen-bond donors (Lipinski definition) is 1. The third-order valence-electron chi connectivity index (χ3n) is 3.11. The van der Waals surface area contributed by atoms with Gasteiger partial charge in [0.25, 0.3) is 10.2 Å². The lowest BCUT2D eigenvalue weighted by Crippen LogP contribution is -2.32. The number of carbonyl (C=O) groups is 1. The van der Waals surface area contributed by atoms with E-state index < -0.39 is 22.9 Å². The van der Waals surface area contributed by atoms with E-state index in [-0.39, 0.29) is 25.0 Å². The van der Waals surface area contributed by atoms with Gasteiger partial charge in [-0.15, -0.1) is 20.2 Å². The second-order valence-corrected chi connectivity index (χ2v) is 4.78. The van der Waals surface area contributed by atoms with Crippen LogP contribution >= 0.6 is 0 Å². The minimum atomic E-state index is -1.04. The summed E-state index contributed by atoms with van der Waals surface area (Å²) in [4.78, 5) is 40.2. The van der Waals surface area contributed by atoms with Crippen LogP contribution in [-0.4, -0.2) is 48.0 Å². The Kier molecular flexibility index (Phi) is 7.89. The Labute approximate surface area is 126 Å². The van der Waals surface area contributed by atoms with E-state index >= 15 is 0 Å². The lowest BCUT2D eigenvalue weighted by atomic mass is 10.1. The maximum atomic E-state index is 11.6. The normalized spacial score (nSPS) is 18.5. The Morgan fingerprint density at radius 3 is 2.64 bits per heavy atom. The Balaban J connectivity index is 2.14. The maximum absolute atomic E-state index is 11.6. The first-order valence-electron chi connectivity index (χ1n) is 6.97. The molecule has 0 spiro atoms. The zero-order valence-corrected chi connectivity index (χ0v) is 12.0. The van der Waals surface area contributed by atoms with E-state index in [2.05, 4.69) is 15.0 Å². The van der Waals surface area contributed by atoms with Crippen LogP contribution in [0.3, 0.4) is 0 Å². The summed E-state index contributed by atoms with van der Waals surface area (Å²) < 4.78 is 5.07. The summed E-state index contributed by atoms with van der Waals surface area (Å²) in [6, 6.07) is -0.251. The maximum Gasteiger partial charge on any atom is 0.323 e. The van der Waals surface area contributed by atoms with E-state index in [0.29, 0.717) is 12.8 Å². The van der Waals surface area contributed by atoms with Crippen molar-refractivity contribution in [3.63, 3.8) is 0 Å². The SMILES string of the molecule is O=C(OCCCCC(CO[N+](=O)[O-])O[N+](=O)[O-])C1CCCN1. The lowest BCUT2D eigenvalue weighted by Gasteiger charge is -2.14. The van der Waals surface area contributed by atoms with E-state index in [0.717, 1.165) is 19.4 Å². The van der Waals surface area contributed by atoms with Gasteiger partial charge in [-0.3, -0.25) is 4.79 Å². The van der Waals surface area contributed by atoms with Gasteiger partial charge in [0, 0.05) is 0 Å². The lowest BCUT2D eigenvalue weighted by molar-refractivity contribution is -0.790. The first-order valence-corrected chi connectivity index (χ1v) is 6.97. The van der Waals surface area contributed by atoms with Crippen LogP contribution < -0.4 is 5.32 Å². The average molecular weight is 321 g/mol. The molecular formula is C11H19N3O8. The predicted molar refractivity (Wildman–Crippen MR) is 70.6 cm³/mol. The molecule has 1 fully saturated rings. The summed E-state index contributed by atoms with van der Waals surface area (Å²) in [6.07, 6.45) is 1.80. The molecule has 2 unspecified atom stereocenters. The predicted octanol–water partition coefficient (Wildman–Crippen LogP) is 0.237. The highest BCUT2D eigenvalue weighted by molar-refractivity contribution is 5.76. The van der Waals surface area contributed by atoms with Crippen LogP contribution in [0.25, 0.3) is 0 Å². The van der Waals surface area contributed by atoms with Gasteiger partial charge in [0.1, 0.15) is 18.8 Å². The van der Waals surface area contributed by atoms with Gasteiger partial charge in [0.15, 0.2) is 0 Å². The molecule has 0 bridgehead atoms. The molecule has 2 atom stereocenters. The summed E-state index contributed by atoms with van der Waals surface area (Å²) >= 11 is 0. The van der Waals surface area contributed by atoms with E-state index in [1.807, 2.05) is 0 Å². The van der Waals surface area contributed by atoms with E-state index in [9.17, 15) is 25.0 Å². The number of nitrogens with zero attached hydrogens (tertiary/aromatic N) is 2. The number of esters is 1. The fourth-order valence-corrected chi connectivity index (χ4v) is 2.07. The zero-order chi connectivity index (χ0) is 16.4. The van der Waals surface area contributed by atoms with Gasteiger partial charge in [-0.1, -0.05) is 0 Å². The van der Waals surface area contributed by atoms with Gasteiger partial charge in [-0.25, -0.2) is 0 Å². The van der Waals surface area contributed by atoms with Crippen molar-refractivity contribution in [1.29, 1.82) is 0 Å². The van der Waals surface area contributed by atoms with Crippen molar-refractivity contribution >= 4 is 5.97 Å². The minimum Gasteiger partial charge on any atom is -0.465 e. The van der Waals surface area contributed by atoms with Crippen molar-refractivity contribution in [2.24, 2.45) is 0 Å². The summed E-state index contributed by atoms with van der Waals surface area (Å²) in [7, 11) is 0. The molecule has 0 radical (unpaired) electrons. The number of hydrogen-bond acceptors (Lipinski definition) is 9. The van der Waals surface area contributed by atoms with Gasteiger partial charge >= 0.3 is 5.97 Å². The molecule has 1 saturated heterocycles. The standard InChI is InChI=1S/C11H19N3O8/c15-11(10-5-3-6-12-10)20-7-2-1-4-9(22-14(18)19)8-21-13(16)17/h9-10,12H,1-8H2. The number of ether oxygens (including phenoxy) is 1. The number of unbranched alkanes of at least 4 members (excludes halogenated alkanes) is 1. The highest BCUT2D eigenvalue weighted by Crippen LogP contribution is 2.09. The molecule has 0 amide bonds. The Morgan fingerprint density at radius 2 is 2.05 bits per heavy atom. The molecule has 1 aliphatic rings. The fraction of sp³-hybridized carbons (Fsp3) is 0.909. The number of rotatable bonds is 11. The second-order valence-electron chi connectivity index (χ2n) is 4.78. The van der Waals surface area contributed by atoms with Crippen molar-refractivity contribution in [3.05, 3.63) is 20.2 Å². The molecule has 0 aliphatic carbocycles. The molecule has 22 heavy (non-hydrogen) atoms. The van der Waals surface area contributed by atoms with Crippen LogP contribution in [0, 0.1) is 20.2 Å². The smallest absolute Gasteiger partial charge is 0.323 e. The molecule has 0 aromatic carbocycles. The fourth-order valence-electron chi connectivity index (χ4n) is 2.07. The zero-order valence-electron chi connectivity index (χ0n) is 12.0. The van der Waals surface area contributed by atoms with E-state index in [4.69, 9.17) is 4.74 Å². The molecule has 1 heterocycles. The average Bonchev–Trinajstić information content (AvgIpc) is 2.97. The van der Waals surface area contributed by atoms with Gasteiger partial charge in [0.2, 0.25) is 0 Å². The van der Waals surface area contributed by atoms with Crippen LogP contribution in [0.2, 0.25) is 0 Å². The molecule has 11 nitrogen and oxygen atoms in total. The topological polar surface area (TPSA) is 143 Å². The second kappa shape index (κ2) is 9.71. The molecule has 11 heteroatoms. The van der Waals surface area contributed by atoms with Crippen LogP contribution in [0.1, 0.15) is 32.1 Å². The van der Waals surface area contributed by atoms with Gasteiger partial charge in [-0.2, -0.15) is 0 Å². The molecule has 1 aliphatic heterocycles. The highest BCUT2D eigenvalue weighted by atomic mass is 17.0. The number of nitrogens with one attached hydrogen (secondary N) is 1. The van der Waals surface area contributed by atoms with Crippen LogP contribution in [0.4, 0.5) is 0 Å². The van der Waals surface area contributed by atoms with Crippen molar-refractivity contribution < 1.29 is 29.4 Å². The summed E-state index contributed by atoms with van der Waals surface area (Å²) in [5.41, 5.74) is 0. The van der Waals surface area contributed by atoms with Gasteiger partial charge in [0.05, 0.1) is 6.61 Å². The molecule has 126 valence electrons. The van der Waals surface area contributed by atoms with E-state index in [1.54, 1.807) is 0 Å². The summed E-state index contributed by atoms with van der Waals surface area (Å²) in [5.74, 6) is -0.299. The summed E-state index contributed by atoms with van der Waals surface area (Å²) in [5, 5.41) is 21.3. The molecular weight excluding hydrogens is 302 g/mol. The Bertz CT molecular complexity index is 386. The molecule has 0 saturated carbocycles. The molecule has 1 rings (SSSR count). The summed E-state index contributed by atoms with van der Waals surface area (Å²) in [6.45, 7) is 0.480. The first kappa shape index (κ1) is 17.9. The first-order chi connectivity index (χ1) is 10.5. The quantitative estimate of drug-likeness (QED) is 0.245. The molecule has 1 N–H and O–H groups in total.